The number of aliphatic hydroxyl groups is 1. The van der Waals surface area contributed by atoms with Gasteiger partial charge in [-0.15, -0.1) is 0 Å². The number of hydrogen-bond donors (Lipinski definition) is 1. The van der Waals surface area contributed by atoms with Crippen LogP contribution in [0.15, 0.2) is 63.6 Å². The molecule has 0 amide bonds. The number of aliphatic hydroxyl groups excluding tert-OH is 1. The maximum absolute atomic E-state index is 15.8. The number of benzene rings is 1. The monoisotopic (exact) mass is 1310 g/mol. The molecular weight excluding hydrogens is 1200 g/mol. The summed E-state index contributed by atoms with van der Waals surface area (Å²) in [5.41, 5.74) is 3.19. The van der Waals surface area contributed by atoms with Crippen LogP contribution in [0.4, 0.5) is 0 Å². The topological polar surface area (TPSA) is 137 Å². The lowest BCUT2D eigenvalue weighted by atomic mass is 9.77. The number of sulfone groups is 1. The number of ether oxygens (including phenoxy) is 7. The molecule has 0 bridgehead atoms. The Morgan fingerprint density at radius 3 is 2.06 bits per heavy atom. The van der Waals surface area contributed by atoms with Gasteiger partial charge in [0.2, 0.25) is 0 Å². The Morgan fingerprint density at radius 2 is 1.44 bits per heavy atom. The van der Waals surface area contributed by atoms with E-state index in [0.717, 1.165) is 94.1 Å². The first-order chi connectivity index (χ1) is 38.4. The third kappa shape index (κ3) is 16.5. The zero-order valence-corrected chi connectivity index (χ0v) is 58.4. The standard InChI is InChI=1S/C66H111IO12SSi2/c1-19-41(3)36-56-45(7)60(58(76-56)40-57-44(6)42(4)37-48(74-57)24-29-53-43(5)38-49(73-53)26-31-59-71-34-21-35-72-59)64(80(69,70)51-27-22-47(20-2)23-28-51)52(68)39-50-25-30-54-61(75-50)46(8)62(79-82(17,18)66(12,13)14)63(77-54)55(32-33-67)78-81(15,16)65(9,10)11/h22-23,27-28,32-33,41-42,45-46,48-50,52-64,68H,5-6,19-21,24-26,29-31,34-40H2,1-4,7-18H3/b33-32+/t41-,42+,45-,46+,48+,49+,50-,52?,53+,54+,55+,56-,57-,58+,60-,61+,62+,63-,64?/m1/s1. The largest absolute Gasteiger partial charge is 0.411 e. The average Bonchev–Trinajstić information content (AvgIpc) is 3.84. The van der Waals surface area contributed by atoms with E-state index in [1.54, 1.807) is 12.1 Å². The Labute approximate surface area is 513 Å². The summed E-state index contributed by atoms with van der Waals surface area (Å²) in [6.45, 7) is 46.5. The molecule has 0 aromatic heterocycles. The van der Waals surface area contributed by atoms with Crippen molar-refractivity contribution in [2.24, 2.45) is 29.6 Å². The summed E-state index contributed by atoms with van der Waals surface area (Å²) >= 11 is 2.30. The maximum Gasteiger partial charge on any atom is 0.193 e. The molecule has 19 atom stereocenters. The quantitative estimate of drug-likeness (QED) is 0.0599. The Kier molecular flexibility index (Phi) is 24.1. The highest BCUT2D eigenvalue weighted by molar-refractivity contribution is 14.1. The fourth-order valence-electron chi connectivity index (χ4n) is 13.4. The first kappa shape index (κ1) is 68.6. The van der Waals surface area contributed by atoms with E-state index in [9.17, 15) is 5.11 Å². The van der Waals surface area contributed by atoms with Crippen molar-refractivity contribution in [3.63, 3.8) is 0 Å². The van der Waals surface area contributed by atoms with Crippen molar-refractivity contribution < 1.29 is 55.5 Å². The van der Waals surface area contributed by atoms with Gasteiger partial charge in [0.05, 0.1) is 96.6 Å². The van der Waals surface area contributed by atoms with Crippen LogP contribution in [0.2, 0.25) is 36.3 Å². The molecule has 7 rings (SSSR count). The van der Waals surface area contributed by atoms with Crippen LogP contribution >= 0.6 is 22.6 Å². The Balaban J connectivity index is 1.15. The predicted octanol–water partition coefficient (Wildman–Crippen LogP) is 15.1. The van der Waals surface area contributed by atoms with Crippen molar-refractivity contribution in [2.45, 2.75) is 305 Å². The van der Waals surface area contributed by atoms with Gasteiger partial charge in [-0.3, -0.25) is 0 Å². The molecule has 6 fully saturated rings. The number of aryl methyl sites for hydroxylation is 1. The average molecular weight is 1310 g/mol. The summed E-state index contributed by atoms with van der Waals surface area (Å²) in [5.74, 6) is -0.277. The lowest BCUT2D eigenvalue weighted by Gasteiger charge is -2.54. The van der Waals surface area contributed by atoms with Crippen molar-refractivity contribution in [3.8, 4) is 0 Å². The van der Waals surface area contributed by atoms with E-state index in [-0.39, 0.29) is 106 Å². The molecule has 6 heterocycles. The van der Waals surface area contributed by atoms with Crippen molar-refractivity contribution in [1.82, 2.24) is 0 Å². The third-order valence-electron chi connectivity index (χ3n) is 21.0. The third-order valence-corrected chi connectivity index (χ3v) is 32.6. The van der Waals surface area contributed by atoms with Crippen molar-refractivity contribution >= 4 is 49.1 Å². The second-order valence-electron chi connectivity index (χ2n) is 29.0. The molecule has 6 aliphatic rings. The minimum atomic E-state index is -4.17. The van der Waals surface area contributed by atoms with E-state index >= 15 is 8.42 Å². The predicted molar refractivity (Wildman–Crippen MR) is 343 cm³/mol. The van der Waals surface area contributed by atoms with Gasteiger partial charge in [-0.2, -0.15) is 0 Å². The van der Waals surface area contributed by atoms with Gasteiger partial charge < -0.3 is 47.1 Å². The molecule has 16 heteroatoms. The van der Waals surface area contributed by atoms with Crippen LogP contribution < -0.4 is 0 Å². The molecule has 1 aromatic rings. The molecule has 0 radical (unpaired) electrons. The van der Waals surface area contributed by atoms with E-state index in [4.69, 9.17) is 42.0 Å². The Hall–Kier alpha value is -0.846. The molecule has 82 heavy (non-hydrogen) atoms. The van der Waals surface area contributed by atoms with Gasteiger partial charge in [0.1, 0.15) is 6.10 Å². The highest BCUT2D eigenvalue weighted by Gasteiger charge is 2.57. The highest BCUT2D eigenvalue weighted by atomic mass is 127. The summed E-state index contributed by atoms with van der Waals surface area (Å²) in [6.07, 6.45) is 8.02. The molecule has 12 nitrogen and oxygen atoms in total. The van der Waals surface area contributed by atoms with E-state index in [1.807, 2.05) is 16.2 Å². The summed E-state index contributed by atoms with van der Waals surface area (Å²) in [4.78, 5) is 0.219. The van der Waals surface area contributed by atoms with Gasteiger partial charge >= 0.3 is 0 Å². The Morgan fingerprint density at radius 1 is 0.793 bits per heavy atom. The van der Waals surface area contributed by atoms with Gasteiger partial charge in [-0.25, -0.2) is 8.42 Å². The molecule has 0 spiro atoms. The molecule has 0 saturated carbocycles. The van der Waals surface area contributed by atoms with Crippen LogP contribution in [0.1, 0.15) is 172 Å². The van der Waals surface area contributed by atoms with Gasteiger partial charge in [-0.1, -0.05) is 137 Å². The molecule has 468 valence electrons. The first-order valence-electron chi connectivity index (χ1n) is 31.9. The molecule has 1 N–H and O–H groups in total. The molecule has 1 aromatic carbocycles. The zero-order chi connectivity index (χ0) is 60.3. The van der Waals surface area contributed by atoms with Crippen LogP contribution in [0, 0.1) is 29.6 Å². The fourth-order valence-corrected chi connectivity index (χ4v) is 18.6. The first-order valence-corrected chi connectivity index (χ1v) is 40.5. The van der Waals surface area contributed by atoms with Crippen LogP contribution in [-0.2, 0) is 58.3 Å². The lowest BCUT2D eigenvalue weighted by Crippen LogP contribution is -2.64. The van der Waals surface area contributed by atoms with Crippen LogP contribution in [0.5, 0.6) is 0 Å². The molecule has 2 unspecified atom stereocenters. The minimum absolute atomic E-state index is 0.0137. The number of fused-ring (bicyclic) bond motifs is 1. The van der Waals surface area contributed by atoms with E-state index in [0.29, 0.717) is 25.2 Å². The summed E-state index contributed by atoms with van der Waals surface area (Å²) in [6, 6.07) is 7.29. The number of rotatable bonds is 24. The van der Waals surface area contributed by atoms with Crippen LogP contribution in [0.3, 0.4) is 0 Å². The Bertz CT molecular complexity index is 2360. The smallest absolute Gasteiger partial charge is 0.193 e. The van der Waals surface area contributed by atoms with Gasteiger partial charge in [-0.05, 0) is 157 Å². The van der Waals surface area contributed by atoms with Crippen LogP contribution in [-0.4, -0.2) is 134 Å². The van der Waals surface area contributed by atoms with Gasteiger partial charge in [0.15, 0.2) is 32.8 Å². The highest BCUT2D eigenvalue weighted by Crippen LogP contribution is 2.49. The molecule has 6 saturated heterocycles. The second-order valence-corrected chi connectivity index (χ2v) is 41.3. The summed E-state index contributed by atoms with van der Waals surface area (Å²) < 4.78 is 95.4. The summed E-state index contributed by atoms with van der Waals surface area (Å²) in [7, 11) is -8.79. The SMILES string of the molecule is C=C1C[C@H](CCC2OCCCO2)O[C@H]1CC[C@H]1C[C@H](C)C(=C)[C@@H](C[C@@H]2O[C@H](C[C@H](C)CC)[C@@H](C)[C@H]2C(C(O)C[C@H]2CC[C@@H]3O[C@H]([C@H](/C=C/I)O[Si](C)(C)C(C)(C)C)[C@@H](O[Si](C)(C)C(C)(C)C)[C@@H](C)[C@@H]3O2)S(=O)(=O)c2ccc(CC)cc2)O1. The van der Waals surface area contributed by atoms with Crippen molar-refractivity contribution in [2.75, 3.05) is 13.2 Å². The second kappa shape index (κ2) is 28.8. The summed E-state index contributed by atoms with van der Waals surface area (Å²) in [5, 5.41) is 11.9. The van der Waals surface area contributed by atoms with Crippen LogP contribution in [0.25, 0.3) is 0 Å². The zero-order valence-electron chi connectivity index (χ0n) is 53.5. The van der Waals surface area contributed by atoms with Gasteiger partial charge in [0, 0.05) is 31.1 Å². The molecule has 6 aliphatic heterocycles. The fraction of sp³-hybridized carbons (Fsp3) is 0.818. The van der Waals surface area contributed by atoms with Gasteiger partial charge in [0.25, 0.3) is 0 Å². The van der Waals surface area contributed by atoms with E-state index in [1.165, 1.54) is 0 Å². The van der Waals surface area contributed by atoms with Crippen molar-refractivity contribution in [1.29, 1.82) is 0 Å². The maximum atomic E-state index is 15.8. The molecule has 0 aliphatic carbocycles. The minimum Gasteiger partial charge on any atom is -0.411 e. The normalized spacial score (nSPS) is 34.5. The lowest BCUT2D eigenvalue weighted by molar-refractivity contribution is -0.253. The number of halogens is 1. The van der Waals surface area contributed by atoms with E-state index in [2.05, 4.69) is 151 Å². The number of hydrogen-bond acceptors (Lipinski definition) is 12. The van der Waals surface area contributed by atoms with E-state index < -0.39 is 56.0 Å². The molecular formula is C66H111IO12SSi2. The van der Waals surface area contributed by atoms with Crippen molar-refractivity contribution in [3.05, 3.63) is 64.3 Å².